The fourth-order valence-electron chi connectivity index (χ4n) is 0.911. The van der Waals surface area contributed by atoms with E-state index in [1.165, 1.54) is 18.7 Å². The Balaban J connectivity index is 2.14. The number of thiazole rings is 1. The molecule has 0 amide bonds. The van der Waals surface area contributed by atoms with Crippen LogP contribution in [-0.4, -0.2) is 10.8 Å². The van der Waals surface area contributed by atoms with E-state index < -0.39 is 0 Å². The van der Waals surface area contributed by atoms with Crippen LogP contribution in [0.4, 0.5) is 0 Å². The molecule has 2 aromatic rings. The molecule has 0 bridgehead atoms. The van der Waals surface area contributed by atoms with Gasteiger partial charge in [0.2, 0.25) is 0 Å². The molecule has 0 aliphatic carbocycles. The molecule has 0 N–H and O–H groups in total. The lowest BCUT2D eigenvalue weighted by Crippen LogP contribution is -1.85. The third-order valence-electron chi connectivity index (χ3n) is 1.53. The highest BCUT2D eigenvalue weighted by Gasteiger charge is 2.08. The van der Waals surface area contributed by atoms with Gasteiger partial charge in [0.25, 0.3) is 0 Å². The fraction of sp³-hybridized carbons (Fsp3) is 0.111. The summed E-state index contributed by atoms with van der Waals surface area (Å²) < 4.78 is 6.21. The average molecular weight is 225 g/mol. The molecule has 0 saturated heterocycles. The first kappa shape index (κ1) is 9.48. The molecule has 5 heteroatoms. The van der Waals surface area contributed by atoms with Gasteiger partial charge in [-0.2, -0.15) is 0 Å². The predicted molar refractivity (Wildman–Crippen MR) is 54.9 cm³/mol. The number of ketones is 1. The molecule has 2 rings (SSSR count). The molecule has 0 spiro atoms. The summed E-state index contributed by atoms with van der Waals surface area (Å²) in [7, 11) is 0. The number of nitrogens with zero attached hydrogens (tertiary/aromatic N) is 1. The molecule has 0 aromatic carbocycles. The van der Waals surface area contributed by atoms with Gasteiger partial charge in [0, 0.05) is 18.5 Å². The second-order valence-electron chi connectivity index (χ2n) is 2.57. The summed E-state index contributed by atoms with van der Waals surface area (Å²) in [5.41, 5.74) is 0. The highest BCUT2D eigenvalue weighted by atomic mass is 32.2. The van der Waals surface area contributed by atoms with Gasteiger partial charge in [-0.1, -0.05) is 0 Å². The van der Waals surface area contributed by atoms with Crippen molar-refractivity contribution in [2.45, 2.75) is 16.4 Å². The van der Waals surface area contributed by atoms with Crippen molar-refractivity contribution in [2.75, 3.05) is 0 Å². The van der Waals surface area contributed by atoms with Crippen LogP contribution in [0.3, 0.4) is 0 Å². The molecular weight excluding hydrogens is 218 g/mol. The lowest BCUT2D eigenvalue weighted by Gasteiger charge is -1.90. The summed E-state index contributed by atoms with van der Waals surface area (Å²) in [6.45, 7) is 1.48. The number of carbonyl (C=O) groups is 1. The van der Waals surface area contributed by atoms with Crippen LogP contribution in [0.5, 0.6) is 0 Å². The van der Waals surface area contributed by atoms with Gasteiger partial charge >= 0.3 is 0 Å². The van der Waals surface area contributed by atoms with Crippen LogP contribution in [0.15, 0.2) is 37.6 Å². The van der Waals surface area contributed by atoms with E-state index in [0.717, 1.165) is 4.34 Å². The number of hydrogen-bond donors (Lipinski definition) is 0. The molecule has 0 fully saturated rings. The molecule has 14 heavy (non-hydrogen) atoms. The van der Waals surface area contributed by atoms with Crippen LogP contribution in [0.1, 0.15) is 17.5 Å². The normalized spacial score (nSPS) is 10.4. The van der Waals surface area contributed by atoms with Crippen LogP contribution in [-0.2, 0) is 0 Å². The maximum Gasteiger partial charge on any atom is 0.194 e. The Hall–Kier alpha value is -1.07. The first-order valence-electron chi connectivity index (χ1n) is 3.94. The lowest BCUT2D eigenvalue weighted by molar-refractivity contribution is 0.0982. The third-order valence-corrected chi connectivity index (χ3v) is 3.33. The zero-order valence-electron chi connectivity index (χ0n) is 7.39. The maximum atomic E-state index is 10.9. The molecule has 72 valence electrons. The molecule has 0 atom stereocenters. The molecular formula is C9H7NO2S2. The van der Waals surface area contributed by atoms with Gasteiger partial charge in [0.05, 0.1) is 0 Å². The molecule has 0 saturated carbocycles. The van der Waals surface area contributed by atoms with E-state index >= 15 is 0 Å². The summed E-state index contributed by atoms with van der Waals surface area (Å²) in [6, 6.07) is 3.46. The van der Waals surface area contributed by atoms with E-state index in [1.54, 1.807) is 29.7 Å². The highest BCUT2D eigenvalue weighted by molar-refractivity contribution is 8.00. The predicted octanol–water partition coefficient (Wildman–Crippen LogP) is 3.09. The van der Waals surface area contributed by atoms with Crippen molar-refractivity contribution >= 4 is 28.9 Å². The average Bonchev–Trinajstić information content (AvgIpc) is 2.75. The monoisotopic (exact) mass is 225 g/mol. The summed E-state index contributed by atoms with van der Waals surface area (Å²) >= 11 is 2.96. The second-order valence-corrected chi connectivity index (χ2v) is 4.72. The van der Waals surface area contributed by atoms with Crippen molar-refractivity contribution in [3.8, 4) is 0 Å². The highest BCUT2D eigenvalue weighted by Crippen LogP contribution is 2.30. The van der Waals surface area contributed by atoms with Gasteiger partial charge in [0.1, 0.15) is 0 Å². The van der Waals surface area contributed by atoms with Crippen molar-refractivity contribution in [1.29, 1.82) is 0 Å². The van der Waals surface area contributed by atoms with Crippen LogP contribution < -0.4 is 0 Å². The minimum Gasteiger partial charge on any atom is -0.446 e. The van der Waals surface area contributed by atoms with Gasteiger partial charge in [0.15, 0.2) is 21.0 Å². The lowest BCUT2D eigenvalue weighted by atomic mass is 10.3. The molecule has 2 heterocycles. The molecule has 2 aromatic heterocycles. The van der Waals surface area contributed by atoms with Crippen molar-refractivity contribution in [2.24, 2.45) is 0 Å². The standard InChI is InChI=1S/C9H7NO2S2/c1-6(11)7-2-3-8(12-7)14-9-10-4-5-13-9/h2-5H,1H3. The van der Waals surface area contributed by atoms with Crippen LogP contribution >= 0.6 is 23.1 Å². The summed E-state index contributed by atoms with van der Waals surface area (Å²) in [6.07, 6.45) is 1.74. The zero-order valence-corrected chi connectivity index (χ0v) is 9.02. The van der Waals surface area contributed by atoms with Gasteiger partial charge in [-0.3, -0.25) is 4.79 Å². The van der Waals surface area contributed by atoms with Gasteiger partial charge in [-0.25, -0.2) is 4.98 Å². The summed E-state index contributed by atoms with van der Waals surface area (Å²) in [5, 5.41) is 2.60. The number of carbonyl (C=O) groups excluding carboxylic acids is 1. The largest absolute Gasteiger partial charge is 0.446 e. The third kappa shape index (κ3) is 2.05. The Kier molecular flexibility index (Phi) is 2.69. The number of furan rings is 1. The quantitative estimate of drug-likeness (QED) is 0.753. The molecule has 0 aliphatic heterocycles. The molecule has 0 aliphatic rings. The van der Waals surface area contributed by atoms with E-state index in [9.17, 15) is 4.79 Å². The van der Waals surface area contributed by atoms with Gasteiger partial charge in [-0.15, -0.1) is 11.3 Å². The number of hydrogen-bond acceptors (Lipinski definition) is 5. The SMILES string of the molecule is CC(=O)c1ccc(Sc2nccs2)o1. The smallest absolute Gasteiger partial charge is 0.194 e. The zero-order chi connectivity index (χ0) is 9.97. The first-order chi connectivity index (χ1) is 6.75. The van der Waals surface area contributed by atoms with Crippen molar-refractivity contribution in [1.82, 2.24) is 4.98 Å². The van der Waals surface area contributed by atoms with E-state index in [-0.39, 0.29) is 5.78 Å². The van der Waals surface area contributed by atoms with Crippen LogP contribution in [0, 0.1) is 0 Å². The second kappa shape index (κ2) is 3.98. The minimum atomic E-state index is -0.0593. The van der Waals surface area contributed by atoms with E-state index in [0.29, 0.717) is 10.9 Å². The van der Waals surface area contributed by atoms with E-state index in [4.69, 9.17) is 4.42 Å². The van der Waals surface area contributed by atoms with Crippen molar-refractivity contribution in [3.63, 3.8) is 0 Å². The van der Waals surface area contributed by atoms with Crippen LogP contribution in [0.25, 0.3) is 0 Å². The Labute approximate surface area is 89.2 Å². The topological polar surface area (TPSA) is 43.1 Å². The van der Waals surface area contributed by atoms with Gasteiger partial charge < -0.3 is 4.42 Å². The van der Waals surface area contributed by atoms with Crippen molar-refractivity contribution in [3.05, 3.63) is 29.5 Å². The van der Waals surface area contributed by atoms with Crippen LogP contribution in [0.2, 0.25) is 0 Å². The Morgan fingerprint density at radius 3 is 3.00 bits per heavy atom. The summed E-state index contributed by atoms with van der Waals surface area (Å²) in [4.78, 5) is 15.0. The molecule has 0 unspecified atom stereocenters. The number of rotatable bonds is 3. The van der Waals surface area contributed by atoms with E-state index in [2.05, 4.69) is 4.98 Å². The Morgan fingerprint density at radius 2 is 2.43 bits per heavy atom. The molecule has 3 nitrogen and oxygen atoms in total. The minimum absolute atomic E-state index is 0.0593. The van der Waals surface area contributed by atoms with E-state index in [1.807, 2.05) is 5.38 Å². The number of aromatic nitrogens is 1. The number of Topliss-reactive ketones (excluding diaryl/α,β-unsaturated/α-hetero) is 1. The van der Waals surface area contributed by atoms with Gasteiger partial charge in [-0.05, 0) is 23.9 Å². The molecule has 0 radical (unpaired) electrons. The Bertz CT molecular complexity index is 433. The maximum absolute atomic E-state index is 10.9. The fourth-order valence-corrected chi connectivity index (χ4v) is 2.43. The Morgan fingerprint density at radius 1 is 1.57 bits per heavy atom. The summed E-state index contributed by atoms with van der Waals surface area (Å²) in [5.74, 6) is 0.333. The van der Waals surface area contributed by atoms with Crippen molar-refractivity contribution < 1.29 is 9.21 Å². The first-order valence-corrected chi connectivity index (χ1v) is 5.63.